The second-order valence-corrected chi connectivity index (χ2v) is 6.41. The van der Waals surface area contributed by atoms with E-state index >= 15 is 0 Å². The molecule has 27 heavy (non-hydrogen) atoms. The van der Waals surface area contributed by atoms with Gasteiger partial charge in [0.25, 0.3) is 5.56 Å². The smallest absolute Gasteiger partial charge is 0.411 e. The molecule has 0 spiro atoms. The lowest BCUT2D eigenvalue weighted by Gasteiger charge is -2.16. The number of nitrogens with one attached hydrogen (secondary N) is 3. The Bertz CT molecular complexity index is 1070. The molecule has 1 aromatic heterocycles. The number of hydrogen-bond acceptors (Lipinski definition) is 4. The Kier molecular flexibility index (Phi) is 5.32. The van der Waals surface area contributed by atoms with Gasteiger partial charge in [-0.1, -0.05) is 17.7 Å². The van der Waals surface area contributed by atoms with Gasteiger partial charge < -0.3 is 15.0 Å². The van der Waals surface area contributed by atoms with Gasteiger partial charge in [0.1, 0.15) is 5.82 Å². The summed E-state index contributed by atoms with van der Waals surface area (Å²) in [7, 11) is 1.28. The molecule has 140 valence electrons. The molecule has 0 aliphatic heterocycles. The first-order valence-electron chi connectivity index (χ1n) is 8.11. The number of ether oxygens (including phenoxy) is 1. The predicted octanol–water partition coefficient (Wildman–Crippen LogP) is 4.67. The zero-order valence-corrected chi connectivity index (χ0v) is 15.4. The number of methoxy groups -OCH3 is 1. The van der Waals surface area contributed by atoms with E-state index in [2.05, 4.69) is 20.4 Å². The van der Waals surface area contributed by atoms with Crippen LogP contribution in [0.4, 0.5) is 20.6 Å². The summed E-state index contributed by atoms with van der Waals surface area (Å²) in [4.78, 5) is 26.3. The Morgan fingerprint density at radius 3 is 2.70 bits per heavy atom. The Morgan fingerprint density at radius 1 is 1.22 bits per heavy atom. The second-order valence-electron chi connectivity index (χ2n) is 5.97. The molecular formula is C19H17ClFN3O3. The van der Waals surface area contributed by atoms with E-state index < -0.39 is 17.5 Å². The number of anilines is 2. The average molecular weight is 390 g/mol. The fourth-order valence-corrected chi connectivity index (χ4v) is 2.98. The summed E-state index contributed by atoms with van der Waals surface area (Å²) < 4.78 is 18.5. The molecule has 1 heterocycles. The van der Waals surface area contributed by atoms with Gasteiger partial charge in [0, 0.05) is 27.3 Å². The monoisotopic (exact) mass is 389 g/mol. The van der Waals surface area contributed by atoms with E-state index in [1.165, 1.54) is 7.11 Å². The van der Waals surface area contributed by atoms with Crippen molar-refractivity contribution in [1.29, 1.82) is 0 Å². The Hall–Kier alpha value is -3.06. The highest BCUT2D eigenvalue weighted by molar-refractivity contribution is 6.31. The van der Waals surface area contributed by atoms with E-state index in [0.717, 1.165) is 6.07 Å². The summed E-state index contributed by atoms with van der Waals surface area (Å²) in [5.74, 6) is -0.580. The SMILES string of the molecule is COC(=O)Nc1cccc(N[C@@H](C)c2cc3cc(Cl)cc(F)c3[nH]c2=O)c1. The molecular weight excluding hydrogens is 373 g/mol. The summed E-state index contributed by atoms with van der Waals surface area (Å²) >= 11 is 5.90. The maximum atomic E-state index is 14.0. The highest BCUT2D eigenvalue weighted by Crippen LogP contribution is 2.25. The summed E-state index contributed by atoms with van der Waals surface area (Å²) in [6.45, 7) is 1.80. The Labute approximate surface area is 159 Å². The van der Waals surface area contributed by atoms with E-state index in [-0.39, 0.29) is 16.6 Å². The number of halogens is 2. The number of rotatable bonds is 4. The molecule has 1 amide bonds. The van der Waals surface area contributed by atoms with Crippen LogP contribution in [0.3, 0.4) is 0 Å². The van der Waals surface area contributed by atoms with Crippen molar-refractivity contribution in [2.75, 3.05) is 17.7 Å². The number of fused-ring (bicyclic) bond motifs is 1. The van der Waals surface area contributed by atoms with Gasteiger partial charge in [-0.15, -0.1) is 0 Å². The molecule has 0 unspecified atom stereocenters. The van der Waals surface area contributed by atoms with Crippen molar-refractivity contribution in [2.24, 2.45) is 0 Å². The van der Waals surface area contributed by atoms with Crippen molar-refractivity contribution in [2.45, 2.75) is 13.0 Å². The first-order valence-corrected chi connectivity index (χ1v) is 8.48. The van der Waals surface area contributed by atoms with Gasteiger partial charge in [-0.3, -0.25) is 10.1 Å². The van der Waals surface area contributed by atoms with Crippen molar-refractivity contribution in [3.05, 3.63) is 69.2 Å². The van der Waals surface area contributed by atoms with Crippen molar-refractivity contribution < 1.29 is 13.9 Å². The quantitative estimate of drug-likeness (QED) is 0.605. The van der Waals surface area contributed by atoms with Crippen LogP contribution in [0.25, 0.3) is 10.9 Å². The van der Waals surface area contributed by atoms with Crippen LogP contribution in [0.15, 0.2) is 47.3 Å². The number of aromatic amines is 1. The first kappa shape index (κ1) is 18.7. The highest BCUT2D eigenvalue weighted by Gasteiger charge is 2.14. The van der Waals surface area contributed by atoms with Crippen LogP contribution in [0.1, 0.15) is 18.5 Å². The van der Waals surface area contributed by atoms with E-state index in [9.17, 15) is 14.0 Å². The van der Waals surface area contributed by atoms with E-state index in [1.54, 1.807) is 43.3 Å². The summed E-state index contributed by atoms with van der Waals surface area (Å²) in [5.41, 5.74) is 1.38. The lowest BCUT2D eigenvalue weighted by Crippen LogP contribution is -2.20. The molecule has 0 fully saturated rings. The number of pyridine rings is 1. The molecule has 2 aromatic carbocycles. The van der Waals surface area contributed by atoms with Crippen molar-refractivity contribution >= 4 is 40.0 Å². The predicted molar refractivity (Wildman–Crippen MR) is 104 cm³/mol. The van der Waals surface area contributed by atoms with Crippen molar-refractivity contribution in [1.82, 2.24) is 4.98 Å². The number of aromatic nitrogens is 1. The largest absolute Gasteiger partial charge is 0.453 e. The lowest BCUT2D eigenvalue weighted by atomic mass is 10.1. The zero-order chi connectivity index (χ0) is 19.6. The van der Waals surface area contributed by atoms with E-state index in [0.29, 0.717) is 22.3 Å². The molecule has 3 aromatic rings. The average Bonchev–Trinajstić information content (AvgIpc) is 2.62. The highest BCUT2D eigenvalue weighted by atomic mass is 35.5. The van der Waals surface area contributed by atoms with Crippen LogP contribution >= 0.6 is 11.6 Å². The summed E-state index contributed by atoms with van der Waals surface area (Å²) in [6.07, 6.45) is -0.579. The van der Waals surface area contributed by atoms with Gasteiger partial charge >= 0.3 is 6.09 Å². The molecule has 8 heteroatoms. The molecule has 1 atom stereocenters. The number of H-pyrrole nitrogens is 1. The van der Waals surface area contributed by atoms with Gasteiger partial charge in [0.05, 0.1) is 18.7 Å². The maximum absolute atomic E-state index is 14.0. The zero-order valence-electron chi connectivity index (χ0n) is 14.6. The van der Waals surface area contributed by atoms with E-state index in [4.69, 9.17) is 11.6 Å². The molecule has 0 aliphatic rings. The number of benzene rings is 2. The third kappa shape index (κ3) is 4.20. The first-order chi connectivity index (χ1) is 12.9. The van der Waals surface area contributed by atoms with Gasteiger partial charge in [0.15, 0.2) is 0 Å². The number of carbonyl (C=O) groups is 1. The minimum atomic E-state index is -0.580. The lowest BCUT2D eigenvalue weighted by molar-refractivity contribution is 0.187. The topological polar surface area (TPSA) is 83.2 Å². The fraction of sp³-hybridized carbons (Fsp3) is 0.158. The van der Waals surface area contributed by atoms with Gasteiger partial charge in [-0.2, -0.15) is 0 Å². The molecule has 3 rings (SSSR count). The molecule has 0 saturated carbocycles. The van der Waals surface area contributed by atoms with Crippen LogP contribution in [-0.2, 0) is 4.74 Å². The second kappa shape index (κ2) is 7.67. The van der Waals surface area contributed by atoms with Gasteiger partial charge in [-0.25, -0.2) is 9.18 Å². The van der Waals surface area contributed by atoms with Crippen molar-refractivity contribution in [3.63, 3.8) is 0 Å². The van der Waals surface area contributed by atoms with Gasteiger partial charge in [-0.05, 0) is 43.3 Å². The number of amides is 1. The maximum Gasteiger partial charge on any atom is 0.411 e. The van der Waals surface area contributed by atoms with Crippen LogP contribution in [0, 0.1) is 5.82 Å². The van der Waals surface area contributed by atoms with E-state index in [1.807, 2.05) is 0 Å². The van der Waals surface area contributed by atoms with Crippen molar-refractivity contribution in [3.8, 4) is 0 Å². The number of hydrogen-bond donors (Lipinski definition) is 3. The Morgan fingerprint density at radius 2 is 1.96 bits per heavy atom. The van der Waals surface area contributed by atoms with Crippen LogP contribution < -0.4 is 16.2 Å². The van der Waals surface area contributed by atoms with Crippen LogP contribution in [0.5, 0.6) is 0 Å². The molecule has 0 saturated heterocycles. The normalized spacial score (nSPS) is 11.9. The fourth-order valence-electron chi connectivity index (χ4n) is 2.76. The third-order valence-electron chi connectivity index (χ3n) is 4.04. The number of carbonyl (C=O) groups excluding carboxylic acids is 1. The van der Waals surface area contributed by atoms with Crippen LogP contribution in [-0.4, -0.2) is 18.2 Å². The van der Waals surface area contributed by atoms with Gasteiger partial charge in [0.2, 0.25) is 0 Å². The van der Waals surface area contributed by atoms with Crippen LogP contribution in [0.2, 0.25) is 5.02 Å². The minimum Gasteiger partial charge on any atom is -0.453 e. The Balaban J connectivity index is 1.89. The third-order valence-corrected chi connectivity index (χ3v) is 4.26. The molecule has 6 nitrogen and oxygen atoms in total. The summed E-state index contributed by atoms with van der Waals surface area (Å²) in [6, 6.07) is 10.9. The molecule has 0 aliphatic carbocycles. The molecule has 0 bridgehead atoms. The standard InChI is InChI=1S/C19H17ClFN3O3/c1-10(22-13-4-3-5-14(9-13)23-19(26)27-2)15-7-11-6-12(20)8-16(21)17(11)24-18(15)25/h3-10,22H,1-2H3,(H,23,26)(H,24,25)/t10-/m0/s1. The minimum absolute atomic E-state index is 0.115. The molecule has 0 radical (unpaired) electrons. The molecule has 3 N–H and O–H groups in total. The summed E-state index contributed by atoms with van der Waals surface area (Å²) in [5, 5.41) is 6.51.